The second-order valence-electron chi connectivity index (χ2n) is 5.18. The van der Waals surface area contributed by atoms with E-state index in [1.165, 1.54) is 17.8 Å². The average Bonchev–Trinajstić information content (AvgIpc) is 3.18. The van der Waals surface area contributed by atoms with Gasteiger partial charge in [-0.05, 0) is 30.4 Å². The van der Waals surface area contributed by atoms with Crippen LogP contribution in [0.3, 0.4) is 0 Å². The monoisotopic (exact) mass is 268 g/mol. The summed E-state index contributed by atoms with van der Waals surface area (Å²) in [6.07, 6.45) is 3.29. The number of amides is 1. The lowest BCUT2D eigenvalue weighted by Gasteiger charge is -2.05. The van der Waals surface area contributed by atoms with Crippen LogP contribution in [0.2, 0.25) is 0 Å². The van der Waals surface area contributed by atoms with E-state index < -0.39 is 0 Å². The number of carbonyl (C=O) groups excluding carboxylic acids is 1. The quantitative estimate of drug-likeness (QED) is 0.677. The summed E-state index contributed by atoms with van der Waals surface area (Å²) in [5.41, 5.74) is 1.44. The Morgan fingerprint density at radius 1 is 1.20 bits per heavy atom. The Hall–Kier alpha value is -2.36. The van der Waals surface area contributed by atoms with Gasteiger partial charge in [0.15, 0.2) is 6.20 Å². The Morgan fingerprint density at radius 3 is 2.70 bits per heavy atom. The predicted octanol–water partition coefficient (Wildman–Crippen LogP) is 1.68. The summed E-state index contributed by atoms with van der Waals surface area (Å²) in [5.74, 6) is 0.186. The van der Waals surface area contributed by atoms with Gasteiger partial charge in [0, 0.05) is 18.2 Å². The van der Waals surface area contributed by atoms with E-state index in [4.69, 9.17) is 0 Å². The van der Waals surface area contributed by atoms with Crippen molar-refractivity contribution in [2.75, 3.05) is 0 Å². The fourth-order valence-electron chi connectivity index (χ4n) is 2.41. The predicted molar refractivity (Wildman–Crippen MR) is 74.9 cm³/mol. The Morgan fingerprint density at radius 2 is 1.95 bits per heavy atom. The van der Waals surface area contributed by atoms with Gasteiger partial charge in [0.1, 0.15) is 0 Å². The van der Waals surface area contributed by atoms with Crippen LogP contribution in [-0.4, -0.2) is 11.9 Å². The Bertz CT molecular complexity index is 613. The first-order chi connectivity index (χ1) is 9.74. The van der Waals surface area contributed by atoms with Crippen LogP contribution in [0.4, 0.5) is 0 Å². The van der Waals surface area contributed by atoms with Gasteiger partial charge in [-0.3, -0.25) is 4.79 Å². The molecule has 1 aliphatic carbocycles. The van der Waals surface area contributed by atoms with Crippen LogP contribution in [0.15, 0.2) is 54.7 Å². The highest BCUT2D eigenvalue weighted by atomic mass is 16.5. The first-order valence-electron chi connectivity index (χ1n) is 6.77. The maximum absolute atomic E-state index is 12.0. The van der Waals surface area contributed by atoms with E-state index >= 15 is 0 Å². The third-order valence-corrected chi connectivity index (χ3v) is 3.64. The van der Waals surface area contributed by atoms with Crippen LogP contribution in [0.5, 0.6) is 0 Å². The number of pyridine rings is 1. The van der Waals surface area contributed by atoms with E-state index in [9.17, 15) is 10.0 Å². The number of rotatable bonds is 4. The largest absolute Gasteiger partial charge is 0.618 e. The molecular weight excluding hydrogens is 252 g/mol. The van der Waals surface area contributed by atoms with Gasteiger partial charge in [0.05, 0.1) is 0 Å². The fraction of sp³-hybridized carbons (Fsp3) is 0.250. The Balaban J connectivity index is 1.56. The number of carbonyl (C=O) groups is 1. The van der Waals surface area contributed by atoms with Gasteiger partial charge in [-0.2, -0.15) is 4.73 Å². The highest BCUT2D eigenvalue weighted by Crippen LogP contribution is 2.33. The molecule has 0 spiro atoms. The van der Waals surface area contributed by atoms with Crippen molar-refractivity contribution in [3.05, 3.63) is 71.2 Å². The van der Waals surface area contributed by atoms with Gasteiger partial charge in [0.2, 0.25) is 0 Å². The standard InChI is InChI=1S/C16H16N2O2/c19-16(15-8-4-5-9-18(15)20)17-14-11-13(14)10-12-6-2-1-3-7-12/h1-9,13-14H,10-11H2,(H,17,19). The van der Waals surface area contributed by atoms with Crippen molar-refractivity contribution in [1.82, 2.24) is 5.32 Å². The Kier molecular flexibility index (Phi) is 3.37. The van der Waals surface area contributed by atoms with E-state index in [2.05, 4.69) is 17.4 Å². The summed E-state index contributed by atoms with van der Waals surface area (Å²) in [4.78, 5) is 12.0. The smallest absolute Gasteiger partial charge is 0.317 e. The fourth-order valence-corrected chi connectivity index (χ4v) is 2.41. The normalized spacial score (nSPS) is 20.4. The third kappa shape index (κ3) is 2.79. The zero-order valence-corrected chi connectivity index (χ0v) is 11.0. The molecule has 20 heavy (non-hydrogen) atoms. The van der Waals surface area contributed by atoms with Crippen molar-refractivity contribution < 1.29 is 9.52 Å². The number of hydrogen-bond acceptors (Lipinski definition) is 2. The SMILES string of the molecule is O=C(NC1CC1Cc1ccccc1)c1cccc[n+]1[O-]. The zero-order valence-electron chi connectivity index (χ0n) is 11.0. The molecule has 1 amide bonds. The lowest BCUT2D eigenvalue weighted by molar-refractivity contribution is -0.607. The highest BCUT2D eigenvalue weighted by molar-refractivity contribution is 5.91. The molecular formula is C16H16N2O2. The molecule has 1 fully saturated rings. The highest BCUT2D eigenvalue weighted by Gasteiger charge is 2.39. The molecule has 2 aromatic rings. The van der Waals surface area contributed by atoms with Gasteiger partial charge < -0.3 is 10.5 Å². The molecule has 2 unspecified atom stereocenters. The van der Waals surface area contributed by atoms with E-state index in [1.807, 2.05) is 18.2 Å². The van der Waals surface area contributed by atoms with E-state index in [1.54, 1.807) is 12.1 Å². The lowest BCUT2D eigenvalue weighted by atomic mass is 10.1. The first-order valence-corrected chi connectivity index (χ1v) is 6.77. The molecule has 0 radical (unpaired) electrons. The second kappa shape index (κ2) is 5.33. The van der Waals surface area contributed by atoms with Crippen molar-refractivity contribution in [2.45, 2.75) is 18.9 Å². The van der Waals surface area contributed by atoms with Gasteiger partial charge in [-0.15, -0.1) is 0 Å². The summed E-state index contributed by atoms with van der Waals surface area (Å²) >= 11 is 0. The second-order valence-corrected chi connectivity index (χ2v) is 5.18. The minimum Gasteiger partial charge on any atom is -0.618 e. The van der Waals surface area contributed by atoms with E-state index in [0.29, 0.717) is 10.6 Å². The minimum absolute atomic E-state index is 0.151. The molecule has 1 aliphatic rings. The van der Waals surface area contributed by atoms with Gasteiger partial charge in [0.25, 0.3) is 5.69 Å². The van der Waals surface area contributed by atoms with Crippen molar-refractivity contribution in [3.63, 3.8) is 0 Å². The van der Waals surface area contributed by atoms with Crippen molar-refractivity contribution in [3.8, 4) is 0 Å². The van der Waals surface area contributed by atoms with Crippen LogP contribution in [-0.2, 0) is 6.42 Å². The molecule has 1 aromatic carbocycles. The van der Waals surface area contributed by atoms with Crippen LogP contribution < -0.4 is 10.0 Å². The third-order valence-electron chi connectivity index (χ3n) is 3.64. The summed E-state index contributed by atoms with van der Waals surface area (Å²) in [6, 6.07) is 15.3. The molecule has 1 aromatic heterocycles. The topological polar surface area (TPSA) is 56.0 Å². The first kappa shape index (κ1) is 12.7. The maximum Gasteiger partial charge on any atom is 0.317 e. The van der Waals surface area contributed by atoms with Crippen molar-refractivity contribution in [2.24, 2.45) is 5.92 Å². The summed E-state index contributed by atoms with van der Waals surface area (Å²) in [7, 11) is 0. The van der Waals surface area contributed by atoms with Crippen molar-refractivity contribution >= 4 is 5.91 Å². The van der Waals surface area contributed by atoms with Crippen molar-refractivity contribution in [1.29, 1.82) is 0 Å². The molecule has 0 aliphatic heterocycles. The average molecular weight is 268 g/mol. The molecule has 0 bridgehead atoms. The Labute approximate surface area is 117 Å². The van der Waals surface area contributed by atoms with E-state index in [0.717, 1.165) is 12.8 Å². The summed E-state index contributed by atoms with van der Waals surface area (Å²) in [6.45, 7) is 0. The van der Waals surface area contributed by atoms with Gasteiger partial charge in [-0.1, -0.05) is 30.3 Å². The molecule has 1 heterocycles. The zero-order chi connectivity index (χ0) is 13.9. The molecule has 3 rings (SSSR count). The number of aromatic nitrogens is 1. The van der Waals surface area contributed by atoms with Gasteiger partial charge >= 0.3 is 5.91 Å². The van der Waals surface area contributed by atoms with E-state index in [-0.39, 0.29) is 17.6 Å². The maximum atomic E-state index is 12.0. The number of nitrogens with one attached hydrogen (secondary N) is 1. The molecule has 1 saturated carbocycles. The number of benzene rings is 1. The molecule has 0 saturated heterocycles. The van der Waals surface area contributed by atoms with Crippen LogP contribution >= 0.6 is 0 Å². The number of hydrogen-bond donors (Lipinski definition) is 1. The molecule has 102 valence electrons. The van der Waals surface area contributed by atoms with Crippen LogP contribution in [0, 0.1) is 11.1 Å². The summed E-state index contributed by atoms with van der Waals surface area (Å²) < 4.78 is 0.601. The minimum atomic E-state index is -0.291. The van der Waals surface area contributed by atoms with Crippen LogP contribution in [0.1, 0.15) is 22.5 Å². The molecule has 1 N–H and O–H groups in total. The van der Waals surface area contributed by atoms with Gasteiger partial charge in [-0.25, -0.2) is 0 Å². The lowest BCUT2D eigenvalue weighted by Crippen LogP contribution is -2.40. The molecule has 4 nitrogen and oxygen atoms in total. The molecule has 4 heteroatoms. The van der Waals surface area contributed by atoms with Crippen LogP contribution in [0.25, 0.3) is 0 Å². The summed E-state index contributed by atoms with van der Waals surface area (Å²) in [5, 5.41) is 14.4. The number of nitrogens with zero attached hydrogens (tertiary/aromatic N) is 1. The molecule has 2 atom stereocenters.